The normalized spacial score (nSPS) is 21.4. The fourth-order valence-electron chi connectivity index (χ4n) is 10.3. The fraction of sp³-hybridized carbons (Fsp3) is 0.440. The first-order valence-electron chi connectivity index (χ1n) is 23.7. The number of aromatic amines is 1. The number of anilines is 2. The molecule has 0 atom stereocenters. The molecule has 3 fully saturated rings. The summed E-state index contributed by atoms with van der Waals surface area (Å²) in [6.07, 6.45) is 12.0. The topological polar surface area (TPSA) is 192 Å². The van der Waals surface area contributed by atoms with Crippen molar-refractivity contribution >= 4 is 71.3 Å². The molecule has 1 saturated carbocycles. The minimum absolute atomic E-state index is 0.0414. The van der Waals surface area contributed by atoms with Crippen LogP contribution >= 0.6 is 11.6 Å². The van der Waals surface area contributed by atoms with E-state index >= 15 is 0 Å². The highest BCUT2D eigenvalue weighted by atomic mass is 35.5. The second-order valence-corrected chi connectivity index (χ2v) is 24.8. The quantitative estimate of drug-likeness (QED) is 0.0382. The van der Waals surface area contributed by atoms with Gasteiger partial charge in [-0.1, -0.05) is 53.3 Å². The zero-order valence-electron chi connectivity index (χ0n) is 38.6. The Morgan fingerprint density at radius 3 is 2.47 bits per heavy atom. The van der Waals surface area contributed by atoms with Gasteiger partial charge in [0.15, 0.2) is 0 Å². The molecule has 4 heterocycles. The third kappa shape index (κ3) is 11.2. The van der Waals surface area contributed by atoms with Gasteiger partial charge in [-0.25, -0.2) is 18.1 Å². The van der Waals surface area contributed by atoms with E-state index in [0.29, 0.717) is 17.9 Å². The van der Waals surface area contributed by atoms with Gasteiger partial charge in [0.05, 0.1) is 21.6 Å². The van der Waals surface area contributed by atoms with Crippen molar-refractivity contribution in [2.24, 2.45) is 11.3 Å². The third-order valence-corrected chi connectivity index (χ3v) is 18.7. The van der Waals surface area contributed by atoms with Gasteiger partial charge in [-0.05, 0) is 129 Å². The van der Waals surface area contributed by atoms with Gasteiger partial charge in [-0.3, -0.25) is 28.7 Å². The lowest BCUT2D eigenvalue weighted by Crippen LogP contribution is -2.47. The number of rotatable bonds is 15. The number of benzene rings is 3. The van der Waals surface area contributed by atoms with Gasteiger partial charge in [0.2, 0.25) is 0 Å². The lowest BCUT2D eigenvalue weighted by Gasteiger charge is -2.39. The highest BCUT2D eigenvalue weighted by Gasteiger charge is 2.32. The van der Waals surface area contributed by atoms with Gasteiger partial charge >= 0.3 is 0 Å². The molecule has 0 unspecified atom stereocenters. The molecule has 0 radical (unpaired) electrons. The predicted octanol–water partition coefficient (Wildman–Crippen LogP) is 9.11. The number of nitro benzene ring substituents is 1. The average molecular weight is 986 g/mol. The van der Waals surface area contributed by atoms with Crippen LogP contribution in [0.2, 0.25) is 5.02 Å². The van der Waals surface area contributed by atoms with E-state index in [1.165, 1.54) is 35.0 Å². The Bertz CT molecular complexity index is 2860. The Labute approximate surface area is 404 Å². The number of hydrogen-bond donors (Lipinski definition) is 5. The minimum Gasteiger partial charge on any atom is -0.455 e. The van der Waals surface area contributed by atoms with Gasteiger partial charge in [0, 0.05) is 91.2 Å². The van der Waals surface area contributed by atoms with E-state index in [4.69, 9.17) is 16.3 Å². The molecule has 18 heteroatoms. The van der Waals surface area contributed by atoms with E-state index in [2.05, 4.69) is 60.5 Å². The maximum absolute atomic E-state index is 14.0. The number of nitrogens with zero attached hydrogens (tertiary/aromatic N) is 4. The first kappa shape index (κ1) is 47.7. The molecule has 5 aromatic rings. The van der Waals surface area contributed by atoms with Crippen LogP contribution in [0.5, 0.6) is 11.5 Å². The van der Waals surface area contributed by atoms with Gasteiger partial charge in [0.25, 0.3) is 21.6 Å². The molecule has 15 nitrogen and oxygen atoms in total. The number of carbonyl (C=O) groups is 1. The highest BCUT2D eigenvalue weighted by molar-refractivity contribution is 8.01. The van der Waals surface area contributed by atoms with Crippen LogP contribution in [0.25, 0.3) is 16.6 Å². The molecule has 4 aliphatic rings. The van der Waals surface area contributed by atoms with Crippen LogP contribution in [0, 0.1) is 21.4 Å². The first-order chi connectivity index (χ1) is 32.6. The number of ether oxygens (including phenoxy) is 1. The summed E-state index contributed by atoms with van der Waals surface area (Å²) in [6.45, 7) is 9.09. The lowest BCUT2D eigenvalue weighted by molar-refractivity contribution is -0.384. The van der Waals surface area contributed by atoms with Crippen molar-refractivity contribution in [1.29, 1.82) is 0 Å². The SMILES string of the molecule is CC1(C)CCC(CN2CCN(c3ccc(C(=O)NS(=O)(=O)c4ccc(NCC5CCC(N[SH]6(=O)CCCC6)CC5)c([N+](=O)[O-])c4)c(Oc4cnc5[nH]ccc5c4)c3)CC2)=C(c2ccc(Cl)cc2)C1. The van der Waals surface area contributed by atoms with E-state index in [1.807, 2.05) is 18.2 Å². The molecule has 3 aromatic carbocycles. The maximum Gasteiger partial charge on any atom is 0.293 e. The van der Waals surface area contributed by atoms with E-state index in [-0.39, 0.29) is 34.4 Å². The number of amides is 1. The number of aromatic nitrogens is 2. The number of allylic oxidation sites excluding steroid dienone is 1. The molecule has 2 saturated heterocycles. The number of pyridine rings is 1. The number of fused-ring (bicyclic) bond motifs is 1. The van der Waals surface area contributed by atoms with Crippen LogP contribution in [-0.2, 0) is 20.1 Å². The Morgan fingerprint density at radius 2 is 1.74 bits per heavy atom. The smallest absolute Gasteiger partial charge is 0.293 e. The van der Waals surface area contributed by atoms with Crippen LogP contribution < -0.4 is 24.4 Å². The lowest BCUT2D eigenvalue weighted by atomic mass is 9.72. The molecule has 4 N–H and O–H groups in total. The molecule has 9 rings (SSSR count). The maximum atomic E-state index is 14.0. The van der Waals surface area contributed by atoms with Crippen molar-refractivity contribution in [2.75, 3.05) is 61.0 Å². The van der Waals surface area contributed by atoms with Crippen molar-refractivity contribution in [3.8, 4) is 11.5 Å². The summed E-state index contributed by atoms with van der Waals surface area (Å²) < 4.78 is 52.6. The Kier molecular flexibility index (Phi) is 14.0. The number of nitro groups is 1. The van der Waals surface area contributed by atoms with Crippen molar-refractivity contribution in [2.45, 2.75) is 82.6 Å². The monoisotopic (exact) mass is 984 g/mol. The fourth-order valence-corrected chi connectivity index (χ4v) is 14.2. The first-order valence-corrected chi connectivity index (χ1v) is 27.7. The number of carbonyl (C=O) groups excluding carboxylic acids is 1. The Morgan fingerprint density at radius 1 is 0.985 bits per heavy atom. The minimum atomic E-state index is -4.59. The summed E-state index contributed by atoms with van der Waals surface area (Å²) >= 11 is 6.25. The van der Waals surface area contributed by atoms with E-state index in [9.17, 15) is 27.5 Å². The zero-order valence-corrected chi connectivity index (χ0v) is 41.1. The molecular formula is C50H61ClN8O7S2. The molecule has 2 aliphatic heterocycles. The number of sulfonamides is 1. The molecule has 2 aliphatic carbocycles. The molecule has 2 aromatic heterocycles. The average Bonchev–Trinajstić information content (AvgIpc) is 3.98. The molecule has 0 spiro atoms. The second-order valence-electron chi connectivity index (χ2n) is 19.7. The number of halogens is 1. The van der Waals surface area contributed by atoms with Crippen LogP contribution in [0.1, 0.15) is 87.6 Å². The van der Waals surface area contributed by atoms with Crippen LogP contribution in [0.15, 0.2) is 95.7 Å². The standard InChI is InChI=1S/C50H61ClN8O7S2/c1-50(2)19-17-37(44(30-50)35-7-9-38(51)10-8-35)33-57-21-23-58(24-22-57)40-13-15-43(47(28-40)66-41-27-36-18-20-52-48(36)54-32-41)49(60)56-68(64,65)42-14-16-45(46(29-42)59(61)62)53-31-34-5-11-39(12-6-34)55-67(63)25-3-4-26-67/h7-10,13-16,18,20,27-29,32,34,39,53,67H,3-6,11-12,17,19,21-26,30-31,33H2,1-2H3,(H,52,54)(H,55,63)(H,56,60). The van der Waals surface area contributed by atoms with Crippen molar-refractivity contribution in [3.63, 3.8) is 0 Å². The Hall–Kier alpha value is -5.33. The second kappa shape index (κ2) is 19.9. The van der Waals surface area contributed by atoms with Crippen LogP contribution in [0.4, 0.5) is 17.1 Å². The molecule has 362 valence electrons. The van der Waals surface area contributed by atoms with Crippen molar-refractivity contribution in [1.82, 2.24) is 24.3 Å². The van der Waals surface area contributed by atoms with E-state index in [1.54, 1.807) is 30.5 Å². The number of nitrogens with one attached hydrogen (secondary N) is 4. The summed E-state index contributed by atoms with van der Waals surface area (Å²) in [7, 11) is -6.85. The molecule has 68 heavy (non-hydrogen) atoms. The third-order valence-electron chi connectivity index (χ3n) is 14.2. The highest BCUT2D eigenvalue weighted by Crippen LogP contribution is 2.44. The molecule has 0 bridgehead atoms. The van der Waals surface area contributed by atoms with Crippen molar-refractivity contribution < 1.29 is 27.1 Å². The number of H-pyrrole nitrogens is 1. The van der Waals surface area contributed by atoms with Crippen LogP contribution in [-0.4, -0.2) is 95.1 Å². The summed E-state index contributed by atoms with van der Waals surface area (Å²) in [5.74, 6) is 1.30. The number of hydrogen-bond acceptors (Lipinski definition) is 11. The van der Waals surface area contributed by atoms with E-state index in [0.717, 1.165) is 124 Å². The number of piperazine rings is 1. The largest absolute Gasteiger partial charge is 0.455 e. The van der Waals surface area contributed by atoms with Gasteiger partial charge in [-0.2, -0.15) is 0 Å². The summed E-state index contributed by atoms with van der Waals surface area (Å²) in [5, 5.41) is 17.0. The molecular weight excluding hydrogens is 924 g/mol. The summed E-state index contributed by atoms with van der Waals surface area (Å²) in [4.78, 5) is 37.5. The van der Waals surface area contributed by atoms with Crippen molar-refractivity contribution in [3.05, 3.63) is 117 Å². The number of thiol groups is 1. The van der Waals surface area contributed by atoms with E-state index < -0.39 is 41.6 Å². The van der Waals surface area contributed by atoms with Gasteiger partial charge in [0.1, 0.15) is 22.8 Å². The summed E-state index contributed by atoms with van der Waals surface area (Å²) in [6, 6.07) is 20.7. The van der Waals surface area contributed by atoms with Crippen LogP contribution in [0.3, 0.4) is 0 Å². The molecule has 1 amide bonds. The van der Waals surface area contributed by atoms with Gasteiger partial charge < -0.3 is 19.9 Å². The summed E-state index contributed by atoms with van der Waals surface area (Å²) in [5.41, 5.74) is 5.51. The predicted molar refractivity (Wildman–Crippen MR) is 271 cm³/mol. The Balaban J connectivity index is 0.884. The zero-order chi connectivity index (χ0) is 47.6. The van der Waals surface area contributed by atoms with Gasteiger partial charge in [-0.15, -0.1) is 0 Å².